The fraction of sp³-hybridized carbons (Fsp3) is 0.222. The molecule has 2 N–H and O–H groups in total. The Bertz CT molecular complexity index is 763. The van der Waals surface area contributed by atoms with Crippen LogP contribution in [-0.2, 0) is 0 Å². The number of ether oxygens (including phenoxy) is 1. The molecular weight excluding hydrogens is 276 g/mol. The second kappa shape index (κ2) is 5.48. The van der Waals surface area contributed by atoms with Gasteiger partial charge in [-0.25, -0.2) is 10.9 Å². The van der Waals surface area contributed by atoms with E-state index < -0.39 is 0 Å². The van der Waals surface area contributed by atoms with E-state index in [1.807, 2.05) is 36.4 Å². The molecule has 4 nitrogen and oxygen atoms in total. The van der Waals surface area contributed by atoms with E-state index in [4.69, 9.17) is 9.15 Å². The highest BCUT2D eigenvalue weighted by atomic mass is 16.5. The number of para-hydroxylation sites is 2. The molecule has 2 unspecified atom stereocenters. The maximum absolute atomic E-state index is 5.96. The number of methoxy groups -OCH3 is 1. The molecule has 1 aromatic heterocycles. The van der Waals surface area contributed by atoms with Crippen molar-refractivity contribution >= 4 is 11.0 Å². The van der Waals surface area contributed by atoms with Crippen LogP contribution in [0.25, 0.3) is 11.0 Å². The predicted octanol–water partition coefficient (Wildman–Crippen LogP) is 3.72. The molecule has 1 saturated heterocycles. The Morgan fingerprint density at radius 3 is 2.64 bits per heavy atom. The summed E-state index contributed by atoms with van der Waals surface area (Å²) in [7, 11) is 1.71. The summed E-state index contributed by atoms with van der Waals surface area (Å²) in [5.74, 6) is 1.87. The molecule has 22 heavy (non-hydrogen) atoms. The first-order valence-electron chi connectivity index (χ1n) is 7.47. The molecule has 0 spiro atoms. The van der Waals surface area contributed by atoms with E-state index in [9.17, 15) is 0 Å². The number of hydrogen-bond acceptors (Lipinski definition) is 4. The number of nitrogens with one attached hydrogen (secondary N) is 2. The summed E-state index contributed by atoms with van der Waals surface area (Å²) in [4.78, 5) is 0. The van der Waals surface area contributed by atoms with Gasteiger partial charge in [0.05, 0.1) is 19.2 Å². The third-order valence-electron chi connectivity index (χ3n) is 4.21. The summed E-state index contributed by atoms with van der Waals surface area (Å²) in [5.41, 5.74) is 8.78. The van der Waals surface area contributed by atoms with Gasteiger partial charge in [-0.1, -0.05) is 36.4 Å². The molecule has 4 rings (SSSR count). The molecule has 0 aliphatic carbocycles. The van der Waals surface area contributed by atoms with Crippen LogP contribution in [0.5, 0.6) is 5.75 Å². The normalized spacial score (nSPS) is 21.3. The molecule has 0 radical (unpaired) electrons. The van der Waals surface area contributed by atoms with Crippen molar-refractivity contribution in [1.29, 1.82) is 0 Å². The first-order chi connectivity index (χ1) is 10.8. The van der Waals surface area contributed by atoms with Crippen LogP contribution in [0.3, 0.4) is 0 Å². The molecule has 1 fully saturated rings. The van der Waals surface area contributed by atoms with Crippen LogP contribution in [0.2, 0.25) is 0 Å². The standard InChI is InChI=1S/C18H18N2O2/c1-21-17-9-5-3-7-13(17)14-11-15(20-19-14)18-10-12-6-2-4-8-16(12)22-18/h2-10,14-15,19-20H,11H2,1H3. The lowest BCUT2D eigenvalue weighted by Crippen LogP contribution is -2.26. The van der Waals surface area contributed by atoms with E-state index in [1.54, 1.807) is 7.11 Å². The van der Waals surface area contributed by atoms with Crippen LogP contribution in [0.4, 0.5) is 0 Å². The van der Waals surface area contributed by atoms with Gasteiger partial charge >= 0.3 is 0 Å². The van der Waals surface area contributed by atoms with Crippen molar-refractivity contribution in [3.63, 3.8) is 0 Å². The van der Waals surface area contributed by atoms with Crippen LogP contribution in [0.1, 0.15) is 29.8 Å². The van der Waals surface area contributed by atoms with Crippen molar-refractivity contribution in [3.8, 4) is 5.75 Å². The second-order valence-corrected chi connectivity index (χ2v) is 5.56. The van der Waals surface area contributed by atoms with E-state index in [1.165, 1.54) is 0 Å². The topological polar surface area (TPSA) is 46.4 Å². The second-order valence-electron chi connectivity index (χ2n) is 5.56. The SMILES string of the molecule is COc1ccccc1C1CC(c2cc3ccccc3o2)NN1. The molecule has 1 aliphatic heterocycles. The van der Waals surface area contributed by atoms with E-state index in [0.717, 1.165) is 34.5 Å². The molecule has 4 heteroatoms. The minimum Gasteiger partial charge on any atom is -0.496 e. The number of furan rings is 1. The van der Waals surface area contributed by atoms with E-state index in [-0.39, 0.29) is 12.1 Å². The Kier molecular flexibility index (Phi) is 3.33. The molecule has 2 aromatic carbocycles. The fourth-order valence-corrected chi connectivity index (χ4v) is 3.08. The number of hydrazine groups is 1. The summed E-state index contributed by atoms with van der Waals surface area (Å²) in [6.07, 6.45) is 0.917. The van der Waals surface area contributed by atoms with Gasteiger partial charge in [0.2, 0.25) is 0 Å². The highest BCUT2D eigenvalue weighted by Crippen LogP contribution is 2.36. The largest absolute Gasteiger partial charge is 0.496 e. The number of fused-ring (bicyclic) bond motifs is 1. The Labute approximate surface area is 129 Å². The van der Waals surface area contributed by atoms with Crippen LogP contribution >= 0.6 is 0 Å². The van der Waals surface area contributed by atoms with Crippen molar-refractivity contribution < 1.29 is 9.15 Å². The molecule has 1 aliphatic rings. The third-order valence-corrected chi connectivity index (χ3v) is 4.21. The number of rotatable bonds is 3. The minimum atomic E-state index is 0.155. The number of hydrogen-bond donors (Lipinski definition) is 2. The zero-order chi connectivity index (χ0) is 14.9. The quantitative estimate of drug-likeness (QED) is 0.773. The van der Waals surface area contributed by atoms with Gasteiger partial charge in [0, 0.05) is 10.9 Å². The van der Waals surface area contributed by atoms with E-state index in [0.29, 0.717) is 0 Å². The highest BCUT2D eigenvalue weighted by Gasteiger charge is 2.29. The predicted molar refractivity (Wildman–Crippen MR) is 85.6 cm³/mol. The average molecular weight is 294 g/mol. The molecule has 0 amide bonds. The van der Waals surface area contributed by atoms with E-state index in [2.05, 4.69) is 29.1 Å². The van der Waals surface area contributed by atoms with Crippen molar-refractivity contribution in [1.82, 2.24) is 10.9 Å². The van der Waals surface area contributed by atoms with Gasteiger partial charge in [0.1, 0.15) is 17.1 Å². The van der Waals surface area contributed by atoms with Crippen LogP contribution in [0, 0.1) is 0 Å². The molecule has 0 saturated carbocycles. The van der Waals surface area contributed by atoms with Crippen molar-refractivity contribution in [2.24, 2.45) is 0 Å². The molecule has 2 atom stereocenters. The molecule has 2 heterocycles. The van der Waals surface area contributed by atoms with Gasteiger partial charge in [-0.2, -0.15) is 0 Å². The van der Waals surface area contributed by atoms with Gasteiger partial charge in [0.15, 0.2) is 0 Å². The highest BCUT2D eigenvalue weighted by molar-refractivity contribution is 5.77. The maximum Gasteiger partial charge on any atom is 0.134 e. The monoisotopic (exact) mass is 294 g/mol. The van der Waals surface area contributed by atoms with Crippen molar-refractivity contribution in [3.05, 3.63) is 65.9 Å². The minimum absolute atomic E-state index is 0.155. The lowest BCUT2D eigenvalue weighted by molar-refractivity contribution is 0.402. The molecular formula is C18H18N2O2. The van der Waals surface area contributed by atoms with Gasteiger partial charge in [-0.15, -0.1) is 0 Å². The van der Waals surface area contributed by atoms with Crippen molar-refractivity contribution in [2.45, 2.75) is 18.5 Å². The van der Waals surface area contributed by atoms with Crippen LogP contribution in [-0.4, -0.2) is 7.11 Å². The van der Waals surface area contributed by atoms with Gasteiger partial charge in [0.25, 0.3) is 0 Å². The summed E-state index contributed by atoms with van der Waals surface area (Å²) >= 11 is 0. The lowest BCUT2D eigenvalue weighted by Gasteiger charge is -2.13. The molecule has 112 valence electrons. The zero-order valence-corrected chi connectivity index (χ0v) is 12.4. The Morgan fingerprint density at radius 2 is 1.77 bits per heavy atom. The van der Waals surface area contributed by atoms with Crippen LogP contribution in [0.15, 0.2) is 59.0 Å². The van der Waals surface area contributed by atoms with Gasteiger partial charge < -0.3 is 9.15 Å². The first-order valence-corrected chi connectivity index (χ1v) is 7.47. The molecule has 0 bridgehead atoms. The lowest BCUT2D eigenvalue weighted by atomic mass is 10.00. The maximum atomic E-state index is 5.96. The van der Waals surface area contributed by atoms with Crippen molar-refractivity contribution in [2.75, 3.05) is 7.11 Å². The Balaban J connectivity index is 1.59. The summed E-state index contributed by atoms with van der Waals surface area (Å²) in [6.45, 7) is 0. The van der Waals surface area contributed by atoms with E-state index >= 15 is 0 Å². The summed E-state index contributed by atoms with van der Waals surface area (Å²) in [6, 6.07) is 18.7. The fourth-order valence-electron chi connectivity index (χ4n) is 3.08. The smallest absolute Gasteiger partial charge is 0.134 e. The zero-order valence-electron chi connectivity index (χ0n) is 12.4. The Morgan fingerprint density at radius 1 is 1.00 bits per heavy atom. The number of benzene rings is 2. The van der Waals surface area contributed by atoms with Crippen LogP contribution < -0.4 is 15.6 Å². The summed E-state index contributed by atoms with van der Waals surface area (Å²) < 4.78 is 11.4. The van der Waals surface area contributed by atoms with Gasteiger partial charge in [-0.3, -0.25) is 0 Å². The summed E-state index contributed by atoms with van der Waals surface area (Å²) in [5, 5.41) is 1.14. The third kappa shape index (κ3) is 2.26. The molecule has 3 aromatic rings. The first kappa shape index (κ1) is 13.4. The van der Waals surface area contributed by atoms with Gasteiger partial charge in [-0.05, 0) is 24.6 Å². The average Bonchev–Trinajstić information content (AvgIpc) is 3.21. The Hall–Kier alpha value is -2.30.